The molecule has 130 valence electrons. The standard InChI is InChI=1S/C18H17NO6/c1-11-16(18(21)22-3)8-15(24-11)10-23-17(20)12(2)25-14-6-4-13(9-19)5-7-14/h4-8,12H,10H2,1-3H3/t12-/m1/s1. The molecule has 1 aromatic carbocycles. The number of aryl methyl sites for hydroxylation is 1. The third kappa shape index (κ3) is 4.61. The van der Waals surface area contributed by atoms with Crippen LogP contribution < -0.4 is 4.74 Å². The molecule has 0 saturated heterocycles. The number of ether oxygens (including phenoxy) is 3. The predicted octanol–water partition coefficient (Wildman–Crippen LogP) is 2.76. The Bertz CT molecular complexity index is 800. The van der Waals surface area contributed by atoms with Crippen LogP contribution in [-0.4, -0.2) is 25.2 Å². The van der Waals surface area contributed by atoms with Crippen molar-refractivity contribution >= 4 is 11.9 Å². The molecule has 0 fully saturated rings. The van der Waals surface area contributed by atoms with Gasteiger partial charge in [-0.25, -0.2) is 9.59 Å². The lowest BCUT2D eigenvalue weighted by atomic mass is 10.2. The molecule has 2 rings (SSSR count). The van der Waals surface area contributed by atoms with Gasteiger partial charge < -0.3 is 18.6 Å². The summed E-state index contributed by atoms with van der Waals surface area (Å²) in [6, 6.07) is 9.85. The molecular formula is C18H17NO6. The number of nitrogens with zero attached hydrogens (tertiary/aromatic N) is 1. The van der Waals surface area contributed by atoms with E-state index in [1.807, 2.05) is 6.07 Å². The molecular weight excluding hydrogens is 326 g/mol. The Morgan fingerprint density at radius 2 is 1.96 bits per heavy atom. The molecule has 0 N–H and O–H groups in total. The summed E-state index contributed by atoms with van der Waals surface area (Å²) in [5, 5.41) is 8.75. The van der Waals surface area contributed by atoms with Crippen molar-refractivity contribution in [3.8, 4) is 11.8 Å². The van der Waals surface area contributed by atoms with E-state index in [1.54, 1.807) is 38.1 Å². The lowest BCUT2D eigenvalue weighted by Gasteiger charge is -2.13. The van der Waals surface area contributed by atoms with Crippen LogP contribution in [-0.2, 0) is 20.9 Å². The summed E-state index contributed by atoms with van der Waals surface area (Å²) in [5.41, 5.74) is 0.785. The average molecular weight is 343 g/mol. The maximum absolute atomic E-state index is 12.0. The van der Waals surface area contributed by atoms with E-state index in [-0.39, 0.29) is 12.2 Å². The molecule has 7 heteroatoms. The van der Waals surface area contributed by atoms with E-state index >= 15 is 0 Å². The fraction of sp³-hybridized carbons (Fsp3) is 0.278. The van der Waals surface area contributed by atoms with E-state index in [1.165, 1.54) is 13.2 Å². The zero-order valence-corrected chi connectivity index (χ0v) is 14.1. The second kappa shape index (κ2) is 8.02. The molecule has 0 aliphatic heterocycles. The summed E-state index contributed by atoms with van der Waals surface area (Å²) in [6.07, 6.45) is -0.843. The number of methoxy groups -OCH3 is 1. The first kappa shape index (κ1) is 18.1. The van der Waals surface area contributed by atoms with Gasteiger partial charge >= 0.3 is 11.9 Å². The molecule has 0 amide bonds. The van der Waals surface area contributed by atoms with Gasteiger partial charge in [0.15, 0.2) is 6.10 Å². The molecule has 0 unspecified atom stereocenters. The van der Waals surface area contributed by atoms with Crippen molar-refractivity contribution in [3.05, 3.63) is 53.0 Å². The second-order valence-electron chi connectivity index (χ2n) is 5.18. The average Bonchev–Trinajstić information content (AvgIpc) is 3.00. The van der Waals surface area contributed by atoms with Gasteiger partial charge in [0.25, 0.3) is 0 Å². The maximum atomic E-state index is 12.0. The topological polar surface area (TPSA) is 98.8 Å². The second-order valence-corrected chi connectivity index (χ2v) is 5.18. The molecule has 1 aromatic heterocycles. The quantitative estimate of drug-likeness (QED) is 0.744. The molecule has 0 aliphatic rings. The van der Waals surface area contributed by atoms with Crippen molar-refractivity contribution in [3.63, 3.8) is 0 Å². The van der Waals surface area contributed by atoms with Crippen molar-refractivity contribution < 1.29 is 28.2 Å². The highest BCUT2D eigenvalue weighted by molar-refractivity contribution is 5.90. The van der Waals surface area contributed by atoms with Gasteiger partial charge in [-0.3, -0.25) is 0 Å². The van der Waals surface area contributed by atoms with E-state index in [4.69, 9.17) is 19.2 Å². The summed E-state index contributed by atoms with van der Waals surface area (Å²) in [5.74, 6) is 0.0660. The van der Waals surface area contributed by atoms with Crippen molar-refractivity contribution in [1.82, 2.24) is 0 Å². The number of carbonyl (C=O) groups excluding carboxylic acids is 2. The number of furan rings is 1. The first-order chi connectivity index (χ1) is 11.9. The zero-order chi connectivity index (χ0) is 18.4. The Balaban J connectivity index is 1.91. The molecule has 0 bridgehead atoms. The fourth-order valence-electron chi connectivity index (χ4n) is 2.05. The van der Waals surface area contributed by atoms with Gasteiger partial charge in [-0.05, 0) is 44.2 Å². The molecule has 7 nitrogen and oxygen atoms in total. The van der Waals surface area contributed by atoms with E-state index in [0.717, 1.165) is 0 Å². The Morgan fingerprint density at radius 1 is 1.28 bits per heavy atom. The van der Waals surface area contributed by atoms with Crippen LogP contribution in [0.1, 0.15) is 34.4 Å². The smallest absolute Gasteiger partial charge is 0.347 e. The highest BCUT2D eigenvalue weighted by atomic mass is 16.6. The highest BCUT2D eigenvalue weighted by Crippen LogP contribution is 2.17. The van der Waals surface area contributed by atoms with Crippen molar-refractivity contribution in [2.75, 3.05) is 7.11 Å². The van der Waals surface area contributed by atoms with E-state index < -0.39 is 18.0 Å². The number of esters is 2. The van der Waals surface area contributed by atoms with Crippen LogP contribution in [0.2, 0.25) is 0 Å². The number of rotatable bonds is 6. The lowest BCUT2D eigenvalue weighted by molar-refractivity contribution is -0.153. The van der Waals surface area contributed by atoms with Crippen molar-refractivity contribution in [1.29, 1.82) is 5.26 Å². The van der Waals surface area contributed by atoms with Crippen LogP contribution in [0, 0.1) is 18.3 Å². The third-order valence-electron chi connectivity index (χ3n) is 3.36. The van der Waals surface area contributed by atoms with Crippen LogP contribution >= 0.6 is 0 Å². The SMILES string of the molecule is COC(=O)c1cc(COC(=O)[C@@H](C)Oc2ccc(C#N)cc2)oc1C. The number of hydrogen-bond acceptors (Lipinski definition) is 7. The van der Waals surface area contributed by atoms with E-state index in [9.17, 15) is 9.59 Å². The van der Waals surface area contributed by atoms with Gasteiger partial charge in [-0.1, -0.05) is 0 Å². The predicted molar refractivity (Wildman–Crippen MR) is 85.8 cm³/mol. The Kier molecular flexibility index (Phi) is 5.79. The summed E-state index contributed by atoms with van der Waals surface area (Å²) in [6.45, 7) is 3.04. The molecule has 0 spiro atoms. The minimum Gasteiger partial charge on any atom is -0.479 e. The largest absolute Gasteiger partial charge is 0.479 e. The van der Waals surface area contributed by atoms with Crippen molar-refractivity contribution in [2.24, 2.45) is 0 Å². The first-order valence-corrected chi connectivity index (χ1v) is 7.45. The summed E-state index contributed by atoms with van der Waals surface area (Å²) in [7, 11) is 1.27. The molecule has 2 aromatic rings. The normalized spacial score (nSPS) is 11.3. The molecule has 1 atom stereocenters. The highest BCUT2D eigenvalue weighted by Gasteiger charge is 2.19. The molecule has 1 heterocycles. The summed E-state index contributed by atoms with van der Waals surface area (Å²) < 4.78 is 20.6. The molecule has 0 radical (unpaired) electrons. The molecule has 25 heavy (non-hydrogen) atoms. The van der Waals surface area contributed by atoms with Gasteiger partial charge in [0.2, 0.25) is 0 Å². The van der Waals surface area contributed by atoms with Crippen molar-refractivity contribution in [2.45, 2.75) is 26.6 Å². The van der Waals surface area contributed by atoms with Crippen LogP contribution in [0.25, 0.3) is 0 Å². The Hall–Kier alpha value is -3.27. The minimum atomic E-state index is -0.843. The lowest BCUT2D eigenvalue weighted by Crippen LogP contribution is -2.25. The monoisotopic (exact) mass is 343 g/mol. The van der Waals surface area contributed by atoms with Crippen LogP contribution in [0.4, 0.5) is 0 Å². The van der Waals surface area contributed by atoms with Gasteiger partial charge in [0.05, 0.1) is 18.7 Å². The number of carbonyl (C=O) groups is 2. The number of hydrogen-bond donors (Lipinski definition) is 0. The summed E-state index contributed by atoms with van der Waals surface area (Å²) in [4.78, 5) is 23.5. The van der Waals surface area contributed by atoms with E-state index in [2.05, 4.69) is 4.74 Å². The fourth-order valence-corrected chi connectivity index (χ4v) is 2.05. The van der Waals surface area contributed by atoms with Gasteiger partial charge in [0, 0.05) is 0 Å². The van der Waals surface area contributed by atoms with Crippen LogP contribution in [0.3, 0.4) is 0 Å². The molecule has 0 aliphatic carbocycles. The minimum absolute atomic E-state index is 0.127. The summed E-state index contributed by atoms with van der Waals surface area (Å²) >= 11 is 0. The Morgan fingerprint density at radius 3 is 2.56 bits per heavy atom. The maximum Gasteiger partial charge on any atom is 0.347 e. The van der Waals surface area contributed by atoms with Gasteiger partial charge in [-0.2, -0.15) is 5.26 Å². The van der Waals surface area contributed by atoms with Crippen LogP contribution in [0.5, 0.6) is 5.75 Å². The number of nitriles is 1. The number of benzene rings is 1. The van der Waals surface area contributed by atoms with E-state index in [0.29, 0.717) is 22.8 Å². The third-order valence-corrected chi connectivity index (χ3v) is 3.36. The van der Waals surface area contributed by atoms with Crippen LogP contribution in [0.15, 0.2) is 34.7 Å². The first-order valence-electron chi connectivity index (χ1n) is 7.45. The molecule has 0 saturated carbocycles. The van der Waals surface area contributed by atoms with Gasteiger partial charge in [-0.15, -0.1) is 0 Å². The Labute approximate surface area is 144 Å². The van der Waals surface area contributed by atoms with Gasteiger partial charge in [0.1, 0.15) is 29.4 Å². The zero-order valence-electron chi connectivity index (χ0n) is 14.1.